The van der Waals surface area contributed by atoms with Crippen LogP contribution in [0.15, 0.2) is 54.6 Å². The first-order valence-electron chi connectivity index (χ1n) is 8.87. The van der Waals surface area contributed by atoms with Gasteiger partial charge in [-0.1, -0.05) is 42.8 Å². The third-order valence-corrected chi connectivity index (χ3v) is 5.05. The van der Waals surface area contributed by atoms with Gasteiger partial charge < -0.3 is 5.32 Å². The summed E-state index contributed by atoms with van der Waals surface area (Å²) in [5.74, 6) is 0. The number of hydrogen-bond donors (Lipinski definition) is 1. The highest BCUT2D eigenvalue weighted by atomic mass is 35.5. The number of halogens is 1. The van der Waals surface area contributed by atoms with Crippen molar-refractivity contribution >= 4 is 23.0 Å². The van der Waals surface area contributed by atoms with Gasteiger partial charge in [-0.3, -0.25) is 4.98 Å². The van der Waals surface area contributed by atoms with E-state index < -0.39 is 0 Å². The summed E-state index contributed by atoms with van der Waals surface area (Å²) in [6.07, 6.45) is 4.37. The van der Waals surface area contributed by atoms with Crippen molar-refractivity contribution in [2.45, 2.75) is 32.6 Å². The maximum absolute atomic E-state index is 6.17. The average Bonchev–Trinajstić information content (AvgIpc) is 3.11. The predicted octanol–water partition coefficient (Wildman–Crippen LogP) is 6.20. The molecule has 3 aromatic rings. The van der Waals surface area contributed by atoms with Crippen molar-refractivity contribution in [3.05, 3.63) is 76.4 Å². The molecule has 0 bridgehead atoms. The first kappa shape index (κ1) is 16.2. The monoisotopic (exact) mass is 348 g/mol. The van der Waals surface area contributed by atoms with Gasteiger partial charge in [0.15, 0.2) is 0 Å². The number of nitrogens with zero attached hydrogens (tertiary/aromatic N) is 1. The van der Waals surface area contributed by atoms with Crippen LogP contribution in [0.5, 0.6) is 0 Å². The van der Waals surface area contributed by atoms with Gasteiger partial charge in [-0.05, 0) is 67.1 Å². The van der Waals surface area contributed by atoms with E-state index in [1.165, 1.54) is 28.9 Å². The minimum atomic E-state index is 0.740. The van der Waals surface area contributed by atoms with E-state index in [9.17, 15) is 0 Å². The Bertz CT molecular complexity index is 900. The van der Waals surface area contributed by atoms with Gasteiger partial charge in [0, 0.05) is 27.7 Å². The van der Waals surface area contributed by atoms with Gasteiger partial charge in [-0.2, -0.15) is 0 Å². The zero-order chi connectivity index (χ0) is 17.2. The van der Waals surface area contributed by atoms with Gasteiger partial charge in [-0.15, -0.1) is 0 Å². The van der Waals surface area contributed by atoms with Gasteiger partial charge in [0.25, 0.3) is 0 Å². The first-order valence-corrected chi connectivity index (χ1v) is 9.25. The number of aryl methyl sites for hydroxylation is 2. The second-order valence-corrected chi connectivity index (χ2v) is 6.96. The molecule has 0 unspecified atom stereocenters. The van der Waals surface area contributed by atoms with E-state index >= 15 is 0 Å². The summed E-state index contributed by atoms with van der Waals surface area (Å²) >= 11 is 6.17. The van der Waals surface area contributed by atoms with Gasteiger partial charge in [0.05, 0.1) is 5.69 Å². The Morgan fingerprint density at radius 1 is 1.04 bits per heavy atom. The molecule has 1 heterocycles. The van der Waals surface area contributed by atoms with Crippen LogP contribution in [0, 0.1) is 0 Å². The van der Waals surface area contributed by atoms with Crippen LogP contribution in [-0.4, -0.2) is 4.98 Å². The molecule has 0 fully saturated rings. The molecule has 0 atom stereocenters. The van der Waals surface area contributed by atoms with E-state index in [0.717, 1.165) is 41.2 Å². The van der Waals surface area contributed by atoms with Gasteiger partial charge >= 0.3 is 0 Å². The Kier molecular flexibility index (Phi) is 4.46. The lowest BCUT2D eigenvalue weighted by Crippen LogP contribution is -2.00. The van der Waals surface area contributed by atoms with E-state index in [1.54, 1.807) is 0 Å². The van der Waals surface area contributed by atoms with Crippen molar-refractivity contribution in [2.75, 3.05) is 5.32 Å². The van der Waals surface area contributed by atoms with Crippen LogP contribution in [0.2, 0.25) is 5.02 Å². The fraction of sp³-hybridized carbons (Fsp3) is 0.227. The molecule has 0 amide bonds. The van der Waals surface area contributed by atoms with E-state index in [0.29, 0.717) is 0 Å². The molecular formula is C22H21ClN2. The van der Waals surface area contributed by atoms with Crippen molar-refractivity contribution in [1.29, 1.82) is 0 Å². The minimum absolute atomic E-state index is 0.740. The second kappa shape index (κ2) is 6.89. The molecule has 0 spiro atoms. The quantitative estimate of drug-likeness (QED) is 0.607. The average molecular weight is 349 g/mol. The Balaban J connectivity index is 1.73. The molecule has 1 aliphatic rings. The van der Waals surface area contributed by atoms with Crippen molar-refractivity contribution in [1.82, 2.24) is 4.98 Å². The summed E-state index contributed by atoms with van der Waals surface area (Å²) in [5.41, 5.74) is 8.25. The highest BCUT2D eigenvalue weighted by molar-refractivity contribution is 6.30. The molecule has 4 rings (SSSR count). The second-order valence-electron chi connectivity index (χ2n) is 6.52. The molecule has 126 valence electrons. The smallest absolute Gasteiger partial charge is 0.0726 e. The maximum atomic E-state index is 6.17. The largest absolute Gasteiger partial charge is 0.355 e. The van der Waals surface area contributed by atoms with Crippen molar-refractivity contribution in [2.24, 2.45) is 0 Å². The number of rotatable bonds is 4. The van der Waals surface area contributed by atoms with Crippen molar-refractivity contribution in [3.63, 3.8) is 0 Å². The predicted molar refractivity (Wildman–Crippen MR) is 106 cm³/mol. The van der Waals surface area contributed by atoms with Gasteiger partial charge in [0.2, 0.25) is 0 Å². The fourth-order valence-corrected chi connectivity index (χ4v) is 3.62. The molecule has 1 aromatic heterocycles. The van der Waals surface area contributed by atoms with Crippen LogP contribution in [0.1, 0.15) is 30.2 Å². The van der Waals surface area contributed by atoms with Gasteiger partial charge in [0.1, 0.15) is 0 Å². The number of fused-ring (bicyclic) bond motifs is 1. The number of benzene rings is 2. The fourth-order valence-electron chi connectivity index (χ4n) is 3.43. The number of hydrogen-bond acceptors (Lipinski definition) is 2. The molecule has 0 saturated carbocycles. The van der Waals surface area contributed by atoms with Crippen LogP contribution < -0.4 is 5.32 Å². The third-order valence-electron chi connectivity index (χ3n) is 4.81. The summed E-state index contributed by atoms with van der Waals surface area (Å²) in [6, 6.07) is 18.7. The number of aromatic nitrogens is 1. The lowest BCUT2D eigenvalue weighted by Gasteiger charge is -2.14. The Morgan fingerprint density at radius 3 is 2.64 bits per heavy atom. The zero-order valence-corrected chi connectivity index (χ0v) is 15.1. The molecule has 25 heavy (non-hydrogen) atoms. The molecule has 1 aliphatic carbocycles. The standard InChI is InChI=1S/C22H21ClN2/c1-2-15-9-11-18(12-10-15)24-22-14-21(16-5-3-6-17(23)13-16)25-20-8-4-7-19(20)22/h3,5-6,9-14H,2,4,7-8H2,1H3,(H,24,25). The topological polar surface area (TPSA) is 24.9 Å². The summed E-state index contributed by atoms with van der Waals surface area (Å²) in [6.45, 7) is 2.18. The van der Waals surface area contributed by atoms with Crippen LogP contribution in [0.4, 0.5) is 11.4 Å². The summed E-state index contributed by atoms with van der Waals surface area (Å²) in [7, 11) is 0. The van der Waals surface area contributed by atoms with E-state index in [4.69, 9.17) is 16.6 Å². The third kappa shape index (κ3) is 3.40. The number of anilines is 2. The van der Waals surface area contributed by atoms with Gasteiger partial charge in [-0.25, -0.2) is 0 Å². The normalized spacial score (nSPS) is 12.9. The molecule has 0 radical (unpaired) electrons. The Morgan fingerprint density at radius 2 is 1.88 bits per heavy atom. The van der Waals surface area contributed by atoms with Crippen LogP contribution in [0.25, 0.3) is 11.3 Å². The van der Waals surface area contributed by atoms with Crippen LogP contribution >= 0.6 is 11.6 Å². The van der Waals surface area contributed by atoms with E-state index in [1.807, 2.05) is 18.2 Å². The lowest BCUT2D eigenvalue weighted by molar-refractivity contribution is 0.900. The summed E-state index contributed by atoms with van der Waals surface area (Å²) < 4.78 is 0. The number of pyridine rings is 1. The van der Waals surface area contributed by atoms with E-state index in [-0.39, 0.29) is 0 Å². The SMILES string of the molecule is CCc1ccc(Nc2cc(-c3cccc(Cl)c3)nc3c2CCC3)cc1. The Hall–Kier alpha value is -2.32. The van der Waals surface area contributed by atoms with Crippen molar-refractivity contribution in [3.8, 4) is 11.3 Å². The maximum Gasteiger partial charge on any atom is 0.0726 e. The molecule has 3 heteroatoms. The van der Waals surface area contributed by atoms with Crippen molar-refractivity contribution < 1.29 is 0 Å². The molecule has 2 nitrogen and oxygen atoms in total. The van der Waals surface area contributed by atoms with E-state index in [2.05, 4.69) is 48.6 Å². The first-order chi connectivity index (χ1) is 12.2. The lowest BCUT2D eigenvalue weighted by atomic mass is 10.1. The highest BCUT2D eigenvalue weighted by Gasteiger charge is 2.18. The molecule has 1 N–H and O–H groups in total. The zero-order valence-electron chi connectivity index (χ0n) is 14.3. The highest BCUT2D eigenvalue weighted by Crippen LogP contribution is 2.34. The summed E-state index contributed by atoms with van der Waals surface area (Å²) in [5, 5.41) is 4.35. The van der Waals surface area contributed by atoms with Crippen LogP contribution in [-0.2, 0) is 19.3 Å². The molecule has 2 aromatic carbocycles. The van der Waals surface area contributed by atoms with Crippen LogP contribution in [0.3, 0.4) is 0 Å². The molecule has 0 saturated heterocycles. The Labute approximate surface area is 153 Å². The minimum Gasteiger partial charge on any atom is -0.355 e. The summed E-state index contributed by atoms with van der Waals surface area (Å²) in [4.78, 5) is 4.90. The molecule has 0 aliphatic heterocycles. The molecular weight excluding hydrogens is 328 g/mol. The number of nitrogens with one attached hydrogen (secondary N) is 1.